The van der Waals surface area contributed by atoms with Crippen LogP contribution in [0, 0.1) is 0 Å². The zero-order chi connectivity index (χ0) is 14.4. The fourth-order valence-corrected chi connectivity index (χ4v) is 2.84. The van der Waals surface area contributed by atoms with Gasteiger partial charge in [-0.2, -0.15) is 0 Å². The van der Waals surface area contributed by atoms with Gasteiger partial charge in [0, 0.05) is 6.54 Å². The lowest BCUT2D eigenvalue weighted by molar-refractivity contribution is -0.123. The van der Waals surface area contributed by atoms with E-state index in [1.807, 2.05) is 30.3 Å². The van der Waals surface area contributed by atoms with Gasteiger partial charge in [0.2, 0.25) is 5.91 Å². The molecule has 1 heterocycles. The average molecular weight is 275 g/mol. The second-order valence-electron chi connectivity index (χ2n) is 5.71. The second kappa shape index (κ2) is 6.86. The summed E-state index contributed by atoms with van der Waals surface area (Å²) in [6.07, 6.45) is 5.66. The maximum Gasteiger partial charge on any atom is 0.242 e. The molecule has 20 heavy (non-hydrogen) atoms. The summed E-state index contributed by atoms with van der Waals surface area (Å²) in [5.41, 5.74) is 11.6. The zero-order valence-electron chi connectivity index (χ0n) is 12.1. The molecule has 1 aromatic rings. The van der Waals surface area contributed by atoms with Crippen LogP contribution in [0.4, 0.5) is 0 Å². The molecule has 0 aromatic heterocycles. The first-order valence-electron chi connectivity index (χ1n) is 7.49. The Labute approximate surface area is 121 Å². The van der Waals surface area contributed by atoms with Gasteiger partial charge in [-0.15, -0.1) is 0 Å². The van der Waals surface area contributed by atoms with E-state index in [0.717, 1.165) is 25.2 Å². The predicted molar refractivity (Wildman–Crippen MR) is 81.0 cm³/mol. The smallest absolute Gasteiger partial charge is 0.242 e. The SMILES string of the molecule is NC(=O)C(N)(CCN1CCCCCC1)c1ccccc1. The van der Waals surface area contributed by atoms with Crippen LogP contribution in [-0.2, 0) is 10.3 Å². The van der Waals surface area contributed by atoms with Gasteiger partial charge in [-0.3, -0.25) is 4.79 Å². The van der Waals surface area contributed by atoms with Gasteiger partial charge in [0.15, 0.2) is 0 Å². The summed E-state index contributed by atoms with van der Waals surface area (Å²) < 4.78 is 0. The van der Waals surface area contributed by atoms with Crippen LogP contribution in [0.5, 0.6) is 0 Å². The van der Waals surface area contributed by atoms with Crippen molar-refractivity contribution >= 4 is 5.91 Å². The van der Waals surface area contributed by atoms with Gasteiger partial charge < -0.3 is 16.4 Å². The number of hydrogen-bond donors (Lipinski definition) is 2. The summed E-state index contributed by atoms with van der Waals surface area (Å²) in [4.78, 5) is 14.2. The number of nitrogens with zero attached hydrogens (tertiary/aromatic N) is 1. The van der Waals surface area contributed by atoms with E-state index < -0.39 is 11.4 Å². The summed E-state index contributed by atoms with van der Waals surface area (Å²) in [6, 6.07) is 9.47. The molecule has 1 aliphatic heterocycles. The molecule has 0 aliphatic carbocycles. The maximum absolute atomic E-state index is 11.8. The van der Waals surface area contributed by atoms with E-state index in [0.29, 0.717) is 6.42 Å². The highest BCUT2D eigenvalue weighted by atomic mass is 16.1. The van der Waals surface area contributed by atoms with Crippen molar-refractivity contribution in [3.05, 3.63) is 35.9 Å². The van der Waals surface area contributed by atoms with Crippen molar-refractivity contribution in [3.63, 3.8) is 0 Å². The van der Waals surface area contributed by atoms with Crippen LogP contribution in [0.1, 0.15) is 37.7 Å². The van der Waals surface area contributed by atoms with Crippen LogP contribution in [0.3, 0.4) is 0 Å². The molecule has 1 amide bonds. The summed E-state index contributed by atoms with van der Waals surface area (Å²) in [7, 11) is 0. The number of primary amides is 1. The van der Waals surface area contributed by atoms with Gasteiger partial charge >= 0.3 is 0 Å². The topological polar surface area (TPSA) is 72.3 Å². The monoisotopic (exact) mass is 275 g/mol. The Balaban J connectivity index is 2.04. The molecule has 1 fully saturated rings. The maximum atomic E-state index is 11.8. The van der Waals surface area contributed by atoms with E-state index in [9.17, 15) is 4.79 Å². The molecular weight excluding hydrogens is 250 g/mol. The third-order valence-corrected chi connectivity index (χ3v) is 4.25. The van der Waals surface area contributed by atoms with Crippen molar-refractivity contribution in [2.75, 3.05) is 19.6 Å². The number of hydrogen-bond acceptors (Lipinski definition) is 3. The van der Waals surface area contributed by atoms with E-state index in [4.69, 9.17) is 11.5 Å². The first-order chi connectivity index (χ1) is 9.63. The van der Waals surface area contributed by atoms with E-state index in [-0.39, 0.29) is 0 Å². The Morgan fingerprint density at radius 1 is 1.10 bits per heavy atom. The molecule has 0 saturated carbocycles. The summed E-state index contributed by atoms with van der Waals surface area (Å²) in [6.45, 7) is 3.03. The van der Waals surface area contributed by atoms with E-state index in [1.54, 1.807) is 0 Å². The Hall–Kier alpha value is -1.39. The quantitative estimate of drug-likeness (QED) is 0.857. The molecule has 0 bridgehead atoms. The summed E-state index contributed by atoms with van der Waals surface area (Å²) in [5, 5.41) is 0. The highest BCUT2D eigenvalue weighted by Crippen LogP contribution is 2.23. The number of nitrogens with two attached hydrogens (primary N) is 2. The molecule has 1 aliphatic rings. The molecule has 0 radical (unpaired) electrons. The standard InChI is InChI=1S/C16H25N3O/c17-15(20)16(18,14-8-4-3-5-9-14)10-13-19-11-6-1-2-7-12-19/h3-5,8-9H,1-2,6-7,10-13,18H2,(H2,17,20). The molecule has 110 valence electrons. The number of rotatable bonds is 5. The Bertz CT molecular complexity index is 427. The second-order valence-corrected chi connectivity index (χ2v) is 5.71. The fraction of sp³-hybridized carbons (Fsp3) is 0.562. The minimum absolute atomic E-state index is 0.446. The van der Waals surface area contributed by atoms with Crippen LogP contribution in [0.15, 0.2) is 30.3 Å². The van der Waals surface area contributed by atoms with Crippen molar-refractivity contribution in [2.24, 2.45) is 11.5 Å². The molecule has 4 N–H and O–H groups in total. The molecule has 1 unspecified atom stereocenters. The number of carbonyl (C=O) groups is 1. The molecule has 4 nitrogen and oxygen atoms in total. The minimum Gasteiger partial charge on any atom is -0.368 e. The van der Waals surface area contributed by atoms with Crippen LogP contribution in [0.2, 0.25) is 0 Å². The highest BCUT2D eigenvalue weighted by Gasteiger charge is 2.34. The minimum atomic E-state index is -1.06. The van der Waals surface area contributed by atoms with Crippen molar-refractivity contribution in [1.82, 2.24) is 4.90 Å². The first kappa shape index (κ1) is 15.0. The molecule has 0 spiro atoms. The molecule has 1 saturated heterocycles. The molecular formula is C16H25N3O. The first-order valence-corrected chi connectivity index (χ1v) is 7.49. The Morgan fingerprint density at radius 2 is 1.70 bits per heavy atom. The van der Waals surface area contributed by atoms with Gasteiger partial charge in [-0.1, -0.05) is 43.2 Å². The summed E-state index contributed by atoms with van der Waals surface area (Å²) in [5.74, 6) is -0.446. The fourth-order valence-electron chi connectivity index (χ4n) is 2.84. The van der Waals surface area contributed by atoms with Crippen molar-refractivity contribution in [3.8, 4) is 0 Å². The normalized spacial score (nSPS) is 20.1. The number of benzene rings is 1. The van der Waals surface area contributed by atoms with Crippen LogP contribution in [0.25, 0.3) is 0 Å². The summed E-state index contributed by atoms with van der Waals surface area (Å²) >= 11 is 0. The Morgan fingerprint density at radius 3 is 2.25 bits per heavy atom. The molecule has 1 aromatic carbocycles. The lowest BCUT2D eigenvalue weighted by Crippen LogP contribution is -2.51. The lowest BCUT2D eigenvalue weighted by atomic mass is 9.86. The van der Waals surface area contributed by atoms with Crippen molar-refractivity contribution in [1.29, 1.82) is 0 Å². The highest BCUT2D eigenvalue weighted by molar-refractivity contribution is 5.85. The third-order valence-electron chi connectivity index (χ3n) is 4.25. The van der Waals surface area contributed by atoms with Crippen LogP contribution in [-0.4, -0.2) is 30.4 Å². The van der Waals surface area contributed by atoms with Crippen molar-refractivity contribution in [2.45, 2.75) is 37.6 Å². The van der Waals surface area contributed by atoms with Gasteiger partial charge in [0.1, 0.15) is 5.54 Å². The number of likely N-dealkylation sites (tertiary alicyclic amines) is 1. The van der Waals surface area contributed by atoms with Gasteiger partial charge in [0.25, 0.3) is 0 Å². The van der Waals surface area contributed by atoms with Gasteiger partial charge in [-0.05, 0) is 37.9 Å². The zero-order valence-corrected chi connectivity index (χ0v) is 12.1. The van der Waals surface area contributed by atoms with E-state index in [2.05, 4.69) is 4.90 Å². The number of amides is 1. The van der Waals surface area contributed by atoms with E-state index >= 15 is 0 Å². The number of carbonyl (C=O) groups excluding carboxylic acids is 1. The van der Waals surface area contributed by atoms with Gasteiger partial charge in [-0.25, -0.2) is 0 Å². The molecule has 2 rings (SSSR count). The third kappa shape index (κ3) is 3.58. The van der Waals surface area contributed by atoms with Crippen molar-refractivity contribution < 1.29 is 4.79 Å². The average Bonchev–Trinajstić information content (AvgIpc) is 2.74. The largest absolute Gasteiger partial charge is 0.368 e. The Kier molecular flexibility index (Phi) is 5.15. The van der Waals surface area contributed by atoms with Crippen LogP contribution >= 0.6 is 0 Å². The van der Waals surface area contributed by atoms with Gasteiger partial charge in [0.05, 0.1) is 0 Å². The molecule has 4 heteroatoms. The molecule has 1 atom stereocenters. The lowest BCUT2D eigenvalue weighted by Gasteiger charge is -2.30. The van der Waals surface area contributed by atoms with Crippen LogP contribution < -0.4 is 11.5 Å². The predicted octanol–water partition coefficient (Wildman–Crippen LogP) is 1.59. The van der Waals surface area contributed by atoms with E-state index in [1.165, 1.54) is 25.7 Å².